The van der Waals surface area contributed by atoms with Gasteiger partial charge in [0.15, 0.2) is 0 Å². The van der Waals surface area contributed by atoms with Crippen LogP contribution in [0.4, 0.5) is 0 Å². The minimum atomic E-state index is 0.111. The fraction of sp³-hybridized carbons (Fsp3) is 0.423. The van der Waals surface area contributed by atoms with Gasteiger partial charge in [-0.3, -0.25) is 0 Å². The van der Waals surface area contributed by atoms with Crippen molar-refractivity contribution in [1.82, 2.24) is 4.98 Å². The van der Waals surface area contributed by atoms with Crippen LogP contribution in [0.2, 0.25) is 0 Å². The van der Waals surface area contributed by atoms with Gasteiger partial charge in [-0.25, -0.2) is 0 Å². The number of nitrogens with one attached hydrogen (secondary N) is 1. The van der Waals surface area contributed by atoms with E-state index in [1.807, 2.05) is 12.1 Å². The third-order valence-corrected chi connectivity index (χ3v) is 5.90. The highest BCUT2D eigenvalue weighted by Gasteiger charge is 2.19. The second kappa shape index (κ2) is 10.00. The first kappa shape index (κ1) is 21.4. The van der Waals surface area contributed by atoms with Gasteiger partial charge in [0.1, 0.15) is 17.9 Å². The van der Waals surface area contributed by atoms with Crippen molar-refractivity contribution in [3.05, 3.63) is 64.5 Å². The van der Waals surface area contributed by atoms with Crippen LogP contribution in [-0.2, 0) is 9.47 Å². The Morgan fingerprint density at radius 3 is 2.77 bits per heavy atom. The van der Waals surface area contributed by atoms with E-state index in [9.17, 15) is 5.26 Å². The summed E-state index contributed by atoms with van der Waals surface area (Å²) in [4.78, 5) is 3.55. The van der Waals surface area contributed by atoms with Gasteiger partial charge in [0.2, 0.25) is 0 Å². The first-order chi connectivity index (χ1) is 15.2. The third-order valence-electron chi connectivity index (χ3n) is 5.90. The molecule has 0 saturated carbocycles. The van der Waals surface area contributed by atoms with E-state index in [0.29, 0.717) is 31.1 Å². The minimum Gasteiger partial charge on any atom is -0.489 e. The number of aromatic amines is 1. The molecule has 162 valence electrons. The molecule has 0 amide bonds. The molecule has 5 heteroatoms. The van der Waals surface area contributed by atoms with E-state index in [-0.39, 0.29) is 6.10 Å². The summed E-state index contributed by atoms with van der Waals surface area (Å²) in [6.45, 7) is 7.10. The summed E-state index contributed by atoms with van der Waals surface area (Å²) in [7, 11) is 0. The topological polar surface area (TPSA) is 67.3 Å². The second-order valence-corrected chi connectivity index (χ2v) is 8.05. The van der Waals surface area contributed by atoms with Crippen LogP contribution in [0.5, 0.6) is 5.75 Å². The van der Waals surface area contributed by atoms with Crippen LogP contribution in [0.25, 0.3) is 11.1 Å². The molecule has 0 radical (unpaired) electrons. The highest BCUT2D eigenvalue weighted by atomic mass is 16.5. The Morgan fingerprint density at radius 1 is 1.23 bits per heavy atom. The second-order valence-electron chi connectivity index (χ2n) is 8.05. The predicted octanol–water partition coefficient (Wildman–Crippen LogP) is 5.40. The van der Waals surface area contributed by atoms with Gasteiger partial charge in [-0.15, -0.1) is 0 Å². The molecule has 1 aromatic heterocycles. The quantitative estimate of drug-likeness (QED) is 0.682. The Hall–Kier alpha value is -2.81. The van der Waals surface area contributed by atoms with Crippen molar-refractivity contribution >= 4 is 11.1 Å². The maximum Gasteiger partial charge on any atom is 0.137 e. The Balaban J connectivity index is 1.64. The molecule has 3 heterocycles. The van der Waals surface area contributed by atoms with Gasteiger partial charge >= 0.3 is 0 Å². The van der Waals surface area contributed by atoms with Crippen molar-refractivity contribution in [2.24, 2.45) is 0 Å². The molecule has 0 atom stereocenters. The summed E-state index contributed by atoms with van der Waals surface area (Å²) >= 11 is 0. The molecule has 5 nitrogen and oxygen atoms in total. The number of benzene rings is 1. The first-order valence-corrected chi connectivity index (χ1v) is 11.2. The summed E-state index contributed by atoms with van der Waals surface area (Å²) in [6, 6.07) is 10.5. The average Bonchev–Trinajstić information content (AvgIpc) is 3.20. The fourth-order valence-electron chi connectivity index (χ4n) is 4.23. The largest absolute Gasteiger partial charge is 0.489 e. The number of allylic oxidation sites excluding steroid dienone is 1. The zero-order valence-corrected chi connectivity index (χ0v) is 18.4. The molecule has 2 aliphatic heterocycles. The molecule has 0 bridgehead atoms. The number of hydrogen-bond donors (Lipinski definition) is 1. The molecule has 0 unspecified atom stereocenters. The number of hydrogen-bond acceptors (Lipinski definition) is 4. The number of aryl methyl sites for hydroxylation is 1. The Kier molecular flexibility index (Phi) is 6.91. The summed E-state index contributed by atoms with van der Waals surface area (Å²) in [5.74, 6) is 0.660. The molecule has 1 saturated heterocycles. The predicted molar refractivity (Wildman–Crippen MR) is 122 cm³/mol. The van der Waals surface area contributed by atoms with Gasteiger partial charge < -0.3 is 19.2 Å². The zero-order valence-electron chi connectivity index (χ0n) is 18.4. The van der Waals surface area contributed by atoms with Crippen LogP contribution in [0, 0.1) is 18.3 Å². The molecule has 31 heavy (non-hydrogen) atoms. The van der Waals surface area contributed by atoms with E-state index in [0.717, 1.165) is 54.8 Å². The van der Waals surface area contributed by atoms with Gasteiger partial charge in [-0.05, 0) is 54.7 Å². The lowest BCUT2D eigenvalue weighted by molar-refractivity contribution is 0.0254. The van der Waals surface area contributed by atoms with Gasteiger partial charge in [-0.1, -0.05) is 25.1 Å². The molecule has 0 aliphatic carbocycles. The monoisotopic (exact) mass is 418 g/mol. The van der Waals surface area contributed by atoms with Crippen LogP contribution in [0.1, 0.15) is 60.7 Å². The van der Waals surface area contributed by atoms with Gasteiger partial charge in [0.05, 0.1) is 32.0 Å². The average molecular weight is 419 g/mol. The number of nitrogens with zero attached hydrogens (tertiary/aromatic N) is 1. The van der Waals surface area contributed by atoms with Crippen LogP contribution in [0.15, 0.2) is 36.4 Å². The maximum absolute atomic E-state index is 9.78. The lowest BCUT2D eigenvalue weighted by Gasteiger charge is -2.24. The molecular weight excluding hydrogens is 388 g/mol. The summed E-state index contributed by atoms with van der Waals surface area (Å²) in [5, 5.41) is 9.78. The van der Waals surface area contributed by atoms with Crippen LogP contribution in [-0.4, -0.2) is 37.5 Å². The normalized spacial score (nSPS) is 17.8. The number of ether oxygens (including phenoxy) is 3. The molecule has 2 aliphatic rings. The molecule has 2 aromatic rings. The van der Waals surface area contributed by atoms with E-state index in [4.69, 9.17) is 14.2 Å². The summed E-state index contributed by atoms with van der Waals surface area (Å²) < 4.78 is 17.0. The van der Waals surface area contributed by atoms with Gasteiger partial charge in [0.25, 0.3) is 0 Å². The van der Waals surface area contributed by atoms with Crippen molar-refractivity contribution in [2.75, 3.05) is 26.4 Å². The number of rotatable bonds is 6. The lowest BCUT2D eigenvalue weighted by atomic mass is 9.95. The molecule has 1 N–H and O–H groups in total. The van der Waals surface area contributed by atoms with Crippen LogP contribution >= 0.6 is 0 Å². The van der Waals surface area contributed by atoms with Gasteiger partial charge in [-0.2, -0.15) is 5.26 Å². The van der Waals surface area contributed by atoms with Crippen molar-refractivity contribution in [1.29, 1.82) is 5.26 Å². The van der Waals surface area contributed by atoms with E-state index in [1.165, 1.54) is 11.1 Å². The Bertz CT molecular complexity index is 1020. The highest BCUT2D eigenvalue weighted by Crippen LogP contribution is 2.33. The minimum absolute atomic E-state index is 0.111. The number of nitriles is 1. The third kappa shape index (κ3) is 4.92. The highest BCUT2D eigenvalue weighted by molar-refractivity contribution is 5.84. The van der Waals surface area contributed by atoms with Crippen molar-refractivity contribution in [3.8, 4) is 11.8 Å². The first-order valence-electron chi connectivity index (χ1n) is 11.2. The Labute approximate surface area is 184 Å². The van der Waals surface area contributed by atoms with E-state index < -0.39 is 0 Å². The standard InChI is InChI=1S/C26H30N2O3/c1-3-4-23(24-16-25(28-18(24)2)19-7-11-29-12-8-19)20-5-6-26(21(15-20)17-27)31-22-9-13-30-14-10-22/h4-7,15-16,22,28H,3,8-14H2,1-2H3/b23-4-. The SMILES string of the molecule is CC/C=C(/c1ccc(OC2CCOCC2)c(C#N)c1)c1cc(C2=CCOCC2)[nH]c1C. The molecule has 0 spiro atoms. The van der Waals surface area contributed by atoms with Crippen molar-refractivity contribution in [3.63, 3.8) is 0 Å². The molecule has 1 fully saturated rings. The number of aromatic nitrogens is 1. The summed E-state index contributed by atoms with van der Waals surface area (Å²) in [5.41, 5.74) is 7.50. The number of H-pyrrole nitrogens is 1. The molecular formula is C26H30N2O3. The zero-order chi connectivity index (χ0) is 21.6. The van der Waals surface area contributed by atoms with Gasteiger partial charge in [0, 0.05) is 29.8 Å². The van der Waals surface area contributed by atoms with Crippen molar-refractivity contribution in [2.45, 2.75) is 45.6 Å². The van der Waals surface area contributed by atoms with Crippen LogP contribution in [0.3, 0.4) is 0 Å². The fourth-order valence-corrected chi connectivity index (χ4v) is 4.23. The molecule has 1 aromatic carbocycles. The van der Waals surface area contributed by atoms with Crippen LogP contribution < -0.4 is 4.74 Å². The Morgan fingerprint density at radius 2 is 2.06 bits per heavy atom. The lowest BCUT2D eigenvalue weighted by Crippen LogP contribution is -2.26. The van der Waals surface area contributed by atoms with E-state index >= 15 is 0 Å². The summed E-state index contributed by atoms with van der Waals surface area (Å²) in [6.07, 6.45) is 8.04. The van der Waals surface area contributed by atoms with E-state index in [1.54, 1.807) is 0 Å². The molecule has 4 rings (SSSR count). The van der Waals surface area contributed by atoms with Crippen molar-refractivity contribution < 1.29 is 14.2 Å². The smallest absolute Gasteiger partial charge is 0.137 e. The van der Waals surface area contributed by atoms with E-state index in [2.05, 4.69) is 49.2 Å². The maximum atomic E-state index is 9.78.